The zero-order valence-electron chi connectivity index (χ0n) is 16.6. The molecule has 5 rings (SSSR count). The Hall–Kier alpha value is -1.06. The third kappa shape index (κ3) is 3.94. The van der Waals surface area contributed by atoms with Crippen molar-refractivity contribution >= 4 is 11.8 Å². The Labute approximate surface area is 158 Å². The number of likely N-dealkylation sites (tertiary alicyclic amines) is 1. The number of carbonyl (C=O) groups is 2. The van der Waals surface area contributed by atoms with Gasteiger partial charge in [-0.15, -0.1) is 0 Å². The topological polar surface area (TPSA) is 49.4 Å². The van der Waals surface area contributed by atoms with Crippen LogP contribution in [0, 0.1) is 29.1 Å². The Morgan fingerprint density at radius 2 is 1.54 bits per heavy atom. The molecule has 4 heteroatoms. The van der Waals surface area contributed by atoms with E-state index in [4.69, 9.17) is 0 Å². The largest absolute Gasteiger partial charge is 0.353 e. The molecule has 1 aliphatic heterocycles. The van der Waals surface area contributed by atoms with Crippen LogP contribution in [-0.4, -0.2) is 35.8 Å². The summed E-state index contributed by atoms with van der Waals surface area (Å²) < 4.78 is 0. The Bertz CT molecular complexity index is 513. The highest BCUT2D eigenvalue weighted by molar-refractivity contribution is 5.78. The van der Waals surface area contributed by atoms with Gasteiger partial charge in [0, 0.05) is 32.0 Å². The average Bonchev–Trinajstić information content (AvgIpc) is 2.52. The lowest BCUT2D eigenvalue weighted by Crippen LogP contribution is -2.50. The predicted molar refractivity (Wildman–Crippen MR) is 102 cm³/mol. The summed E-state index contributed by atoms with van der Waals surface area (Å²) >= 11 is 0. The van der Waals surface area contributed by atoms with Crippen molar-refractivity contribution < 1.29 is 9.59 Å². The Balaban J connectivity index is 1.24. The third-order valence-corrected chi connectivity index (χ3v) is 7.50. The fourth-order valence-corrected chi connectivity index (χ4v) is 6.88. The van der Waals surface area contributed by atoms with Crippen molar-refractivity contribution in [2.45, 2.75) is 84.1 Å². The van der Waals surface area contributed by atoms with Crippen molar-refractivity contribution in [3.8, 4) is 0 Å². The van der Waals surface area contributed by atoms with Crippen LogP contribution in [-0.2, 0) is 9.59 Å². The molecule has 0 radical (unpaired) electrons. The number of piperidine rings is 1. The van der Waals surface area contributed by atoms with Crippen LogP contribution >= 0.6 is 0 Å². The molecule has 1 N–H and O–H groups in total. The zero-order chi connectivity index (χ0) is 18.3. The number of rotatable bonds is 5. The van der Waals surface area contributed by atoms with Gasteiger partial charge in [-0.25, -0.2) is 0 Å². The SMILES string of the molecule is CC(C)CC(=O)N1CCC(NC(=O)CC23CC4CC(CC(C4)C2)C3)CC1. The van der Waals surface area contributed by atoms with Gasteiger partial charge in [-0.05, 0) is 80.5 Å². The minimum absolute atomic E-state index is 0.263. The summed E-state index contributed by atoms with van der Waals surface area (Å²) in [5.74, 6) is 3.69. The molecule has 4 bridgehead atoms. The van der Waals surface area contributed by atoms with Gasteiger partial charge in [0.2, 0.25) is 11.8 Å². The Morgan fingerprint density at radius 1 is 1.00 bits per heavy atom. The summed E-state index contributed by atoms with van der Waals surface area (Å²) in [4.78, 5) is 26.9. The average molecular weight is 361 g/mol. The van der Waals surface area contributed by atoms with Crippen LogP contribution in [0.2, 0.25) is 0 Å². The smallest absolute Gasteiger partial charge is 0.222 e. The highest BCUT2D eigenvalue weighted by Gasteiger charge is 2.51. The molecule has 4 saturated carbocycles. The maximum Gasteiger partial charge on any atom is 0.222 e. The molecule has 1 heterocycles. The summed E-state index contributed by atoms with van der Waals surface area (Å²) in [5.41, 5.74) is 0.326. The first-order valence-corrected chi connectivity index (χ1v) is 11.0. The quantitative estimate of drug-likeness (QED) is 0.812. The van der Waals surface area contributed by atoms with E-state index in [0.717, 1.165) is 50.1 Å². The summed E-state index contributed by atoms with van der Waals surface area (Å²) in [6.45, 7) is 5.78. The van der Waals surface area contributed by atoms with Crippen molar-refractivity contribution in [1.29, 1.82) is 0 Å². The molecule has 4 nitrogen and oxygen atoms in total. The molecular weight excluding hydrogens is 324 g/mol. The molecule has 0 spiro atoms. The van der Waals surface area contributed by atoms with Gasteiger partial charge in [0.1, 0.15) is 0 Å². The van der Waals surface area contributed by atoms with E-state index in [1.165, 1.54) is 38.5 Å². The summed E-state index contributed by atoms with van der Waals surface area (Å²) in [6.07, 6.45) is 11.4. The van der Waals surface area contributed by atoms with Gasteiger partial charge >= 0.3 is 0 Å². The van der Waals surface area contributed by atoms with Gasteiger partial charge in [0.15, 0.2) is 0 Å². The van der Waals surface area contributed by atoms with Crippen LogP contribution in [0.5, 0.6) is 0 Å². The minimum atomic E-state index is 0.263. The van der Waals surface area contributed by atoms with E-state index in [-0.39, 0.29) is 17.9 Å². The summed E-state index contributed by atoms with van der Waals surface area (Å²) in [6, 6.07) is 0.263. The van der Waals surface area contributed by atoms with Gasteiger partial charge in [0.25, 0.3) is 0 Å². The van der Waals surface area contributed by atoms with Crippen LogP contribution in [0.15, 0.2) is 0 Å². The maximum atomic E-state index is 12.8. The van der Waals surface area contributed by atoms with Crippen LogP contribution in [0.3, 0.4) is 0 Å². The molecule has 0 aromatic carbocycles. The molecule has 2 amide bonds. The van der Waals surface area contributed by atoms with Crippen molar-refractivity contribution in [3.05, 3.63) is 0 Å². The van der Waals surface area contributed by atoms with E-state index < -0.39 is 0 Å². The summed E-state index contributed by atoms with van der Waals surface area (Å²) in [7, 11) is 0. The van der Waals surface area contributed by atoms with E-state index in [1.54, 1.807) is 0 Å². The van der Waals surface area contributed by atoms with E-state index in [2.05, 4.69) is 19.2 Å². The molecule has 4 aliphatic carbocycles. The highest BCUT2D eigenvalue weighted by atomic mass is 16.2. The first-order chi connectivity index (χ1) is 12.4. The fraction of sp³-hybridized carbons (Fsp3) is 0.909. The molecule has 0 aromatic rings. The third-order valence-electron chi connectivity index (χ3n) is 7.50. The predicted octanol–water partition coefficient (Wildman–Crippen LogP) is 3.75. The molecule has 5 fully saturated rings. The van der Waals surface area contributed by atoms with Crippen molar-refractivity contribution in [2.75, 3.05) is 13.1 Å². The zero-order valence-corrected chi connectivity index (χ0v) is 16.6. The number of nitrogens with one attached hydrogen (secondary N) is 1. The van der Waals surface area contributed by atoms with Gasteiger partial charge < -0.3 is 10.2 Å². The second-order valence-corrected chi connectivity index (χ2v) is 10.4. The van der Waals surface area contributed by atoms with Crippen LogP contribution in [0.4, 0.5) is 0 Å². The fourth-order valence-electron chi connectivity index (χ4n) is 6.88. The Morgan fingerprint density at radius 3 is 2.04 bits per heavy atom. The minimum Gasteiger partial charge on any atom is -0.353 e. The van der Waals surface area contributed by atoms with Gasteiger partial charge in [-0.1, -0.05) is 13.8 Å². The summed E-state index contributed by atoms with van der Waals surface area (Å²) in [5, 5.41) is 3.32. The van der Waals surface area contributed by atoms with Gasteiger partial charge in [-0.2, -0.15) is 0 Å². The molecule has 26 heavy (non-hydrogen) atoms. The molecule has 1 saturated heterocycles. The lowest BCUT2D eigenvalue weighted by atomic mass is 9.49. The first kappa shape index (κ1) is 18.3. The molecule has 146 valence electrons. The lowest BCUT2D eigenvalue weighted by molar-refractivity contribution is -0.133. The molecule has 0 unspecified atom stereocenters. The van der Waals surface area contributed by atoms with Crippen molar-refractivity contribution in [2.24, 2.45) is 29.1 Å². The van der Waals surface area contributed by atoms with Gasteiger partial charge in [0.05, 0.1) is 0 Å². The second kappa shape index (κ2) is 7.16. The van der Waals surface area contributed by atoms with E-state index in [9.17, 15) is 9.59 Å². The normalized spacial score (nSPS) is 36.6. The molecule has 0 aromatic heterocycles. The molecule has 0 atom stereocenters. The lowest BCUT2D eigenvalue weighted by Gasteiger charge is -2.56. The number of hydrogen-bond acceptors (Lipinski definition) is 2. The molecule has 5 aliphatic rings. The number of nitrogens with zero attached hydrogens (tertiary/aromatic N) is 1. The highest BCUT2D eigenvalue weighted by Crippen LogP contribution is 2.61. The second-order valence-electron chi connectivity index (χ2n) is 10.4. The Kier molecular flexibility index (Phi) is 5.04. The monoisotopic (exact) mass is 360 g/mol. The van der Waals surface area contributed by atoms with E-state index >= 15 is 0 Å². The number of hydrogen-bond donors (Lipinski definition) is 1. The van der Waals surface area contributed by atoms with Crippen molar-refractivity contribution in [3.63, 3.8) is 0 Å². The van der Waals surface area contributed by atoms with Crippen LogP contribution in [0.25, 0.3) is 0 Å². The standard InChI is InChI=1S/C22H36N2O2/c1-15(2)7-21(26)24-5-3-19(4-6-24)23-20(25)14-22-11-16-8-17(12-22)10-18(9-16)13-22/h15-19H,3-14H2,1-2H3,(H,23,25). The maximum absolute atomic E-state index is 12.8. The van der Waals surface area contributed by atoms with E-state index in [1.807, 2.05) is 4.90 Å². The van der Waals surface area contributed by atoms with Crippen LogP contribution < -0.4 is 5.32 Å². The van der Waals surface area contributed by atoms with Gasteiger partial charge in [-0.3, -0.25) is 9.59 Å². The number of amides is 2. The van der Waals surface area contributed by atoms with Crippen molar-refractivity contribution in [1.82, 2.24) is 10.2 Å². The first-order valence-electron chi connectivity index (χ1n) is 11.0. The van der Waals surface area contributed by atoms with Crippen LogP contribution in [0.1, 0.15) is 78.1 Å². The molecular formula is C22H36N2O2. The van der Waals surface area contributed by atoms with E-state index in [0.29, 0.717) is 17.8 Å². The number of carbonyl (C=O) groups excluding carboxylic acids is 2.